The number of aromatic nitrogens is 2. The molecule has 0 atom stereocenters. The molecule has 0 bridgehead atoms. The van der Waals surface area contributed by atoms with Gasteiger partial charge in [-0.3, -0.25) is 9.36 Å². The van der Waals surface area contributed by atoms with Crippen molar-refractivity contribution in [3.8, 4) is 5.69 Å². The first-order valence-corrected chi connectivity index (χ1v) is 9.07. The maximum absolute atomic E-state index is 13.1. The van der Waals surface area contributed by atoms with E-state index in [-0.39, 0.29) is 11.7 Å². The van der Waals surface area contributed by atoms with Crippen LogP contribution in [0.4, 0.5) is 4.39 Å². The molecule has 0 fully saturated rings. The zero-order valence-corrected chi connectivity index (χ0v) is 15.8. The van der Waals surface area contributed by atoms with E-state index in [1.807, 2.05) is 55.5 Å². The maximum atomic E-state index is 13.1. The van der Waals surface area contributed by atoms with Crippen molar-refractivity contribution in [2.45, 2.75) is 13.5 Å². The predicted octanol–water partition coefficient (Wildman–Crippen LogP) is 4.75. The van der Waals surface area contributed by atoms with Gasteiger partial charge in [0.25, 0.3) is 5.91 Å². The normalized spacial score (nSPS) is 11.0. The van der Waals surface area contributed by atoms with E-state index in [0.29, 0.717) is 12.1 Å². The summed E-state index contributed by atoms with van der Waals surface area (Å²) in [4.78, 5) is 19.1. The van der Waals surface area contributed by atoms with Crippen LogP contribution in [0.15, 0.2) is 72.8 Å². The fourth-order valence-electron chi connectivity index (χ4n) is 3.39. The summed E-state index contributed by atoms with van der Waals surface area (Å²) in [5.74, 6) is 0.483. The number of aryl methyl sites for hydroxylation is 1. The highest BCUT2D eigenvalue weighted by molar-refractivity contribution is 5.97. The van der Waals surface area contributed by atoms with Crippen molar-refractivity contribution in [2.75, 3.05) is 7.05 Å². The van der Waals surface area contributed by atoms with Crippen molar-refractivity contribution >= 4 is 16.9 Å². The molecule has 0 N–H and O–H groups in total. The van der Waals surface area contributed by atoms with Crippen LogP contribution in [-0.4, -0.2) is 27.4 Å². The molecule has 0 saturated heterocycles. The minimum atomic E-state index is -0.285. The van der Waals surface area contributed by atoms with Gasteiger partial charge < -0.3 is 4.90 Å². The van der Waals surface area contributed by atoms with E-state index in [0.717, 1.165) is 28.1 Å². The topological polar surface area (TPSA) is 38.1 Å². The van der Waals surface area contributed by atoms with Gasteiger partial charge in [0.2, 0.25) is 0 Å². The monoisotopic (exact) mass is 373 g/mol. The lowest BCUT2D eigenvalue weighted by molar-refractivity contribution is 0.0785. The lowest BCUT2D eigenvalue weighted by Crippen LogP contribution is -2.26. The number of hydrogen-bond acceptors (Lipinski definition) is 2. The molecule has 0 spiro atoms. The molecule has 5 heteroatoms. The smallest absolute Gasteiger partial charge is 0.253 e. The van der Waals surface area contributed by atoms with E-state index in [2.05, 4.69) is 9.55 Å². The summed E-state index contributed by atoms with van der Waals surface area (Å²) < 4.78 is 15.1. The SMILES string of the molecule is Cc1nc2cc(C(=O)N(C)Cc3ccc(F)cc3)ccc2n1-c1ccccc1. The van der Waals surface area contributed by atoms with Crippen molar-refractivity contribution in [3.63, 3.8) is 0 Å². The number of fused-ring (bicyclic) bond motifs is 1. The molecule has 0 radical (unpaired) electrons. The molecule has 0 aliphatic heterocycles. The summed E-state index contributed by atoms with van der Waals surface area (Å²) in [6.45, 7) is 2.36. The highest BCUT2D eigenvalue weighted by Gasteiger charge is 2.16. The van der Waals surface area contributed by atoms with Gasteiger partial charge in [0, 0.05) is 24.8 Å². The number of carbonyl (C=O) groups is 1. The highest BCUT2D eigenvalue weighted by Crippen LogP contribution is 2.23. The first-order chi connectivity index (χ1) is 13.5. The van der Waals surface area contributed by atoms with Gasteiger partial charge >= 0.3 is 0 Å². The molecule has 4 rings (SSSR count). The Bertz CT molecular complexity index is 1130. The van der Waals surface area contributed by atoms with E-state index in [1.165, 1.54) is 12.1 Å². The summed E-state index contributed by atoms with van der Waals surface area (Å²) in [6, 6.07) is 21.8. The molecule has 1 heterocycles. The maximum Gasteiger partial charge on any atom is 0.253 e. The number of amides is 1. The number of nitrogens with zero attached hydrogens (tertiary/aromatic N) is 3. The third-order valence-electron chi connectivity index (χ3n) is 4.76. The van der Waals surface area contributed by atoms with Crippen molar-refractivity contribution in [3.05, 3.63) is 95.6 Å². The predicted molar refractivity (Wildman–Crippen MR) is 108 cm³/mol. The van der Waals surface area contributed by atoms with Crippen LogP contribution in [0.3, 0.4) is 0 Å². The second-order valence-electron chi connectivity index (χ2n) is 6.82. The summed E-state index contributed by atoms with van der Waals surface area (Å²) in [7, 11) is 1.74. The number of rotatable bonds is 4. The Morgan fingerprint density at radius 1 is 1.04 bits per heavy atom. The summed E-state index contributed by atoms with van der Waals surface area (Å²) in [5.41, 5.74) is 4.23. The molecule has 0 aliphatic rings. The van der Waals surface area contributed by atoms with Gasteiger partial charge in [-0.15, -0.1) is 0 Å². The largest absolute Gasteiger partial charge is 0.337 e. The summed E-state index contributed by atoms with van der Waals surface area (Å²) in [6.07, 6.45) is 0. The van der Waals surface area contributed by atoms with Gasteiger partial charge in [-0.25, -0.2) is 9.37 Å². The minimum Gasteiger partial charge on any atom is -0.337 e. The van der Waals surface area contributed by atoms with Crippen molar-refractivity contribution < 1.29 is 9.18 Å². The van der Waals surface area contributed by atoms with Crippen LogP contribution < -0.4 is 0 Å². The molecule has 0 saturated carbocycles. The molecule has 28 heavy (non-hydrogen) atoms. The quantitative estimate of drug-likeness (QED) is 0.518. The first kappa shape index (κ1) is 17.9. The second kappa shape index (κ2) is 7.27. The van der Waals surface area contributed by atoms with Gasteiger partial charge in [-0.05, 0) is 55.0 Å². The fourth-order valence-corrected chi connectivity index (χ4v) is 3.39. The van der Waals surface area contributed by atoms with Crippen LogP contribution in [-0.2, 0) is 6.54 Å². The highest BCUT2D eigenvalue weighted by atomic mass is 19.1. The summed E-state index contributed by atoms with van der Waals surface area (Å²) in [5, 5.41) is 0. The Balaban J connectivity index is 1.62. The number of carbonyl (C=O) groups excluding carboxylic acids is 1. The Morgan fingerprint density at radius 3 is 2.46 bits per heavy atom. The van der Waals surface area contributed by atoms with Gasteiger partial charge in [-0.2, -0.15) is 0 Å². The number of hydrogen-bond donors (Lipinski definition) is 0. The average Bonchev–Trinajstić information content (AvgIpc) is 3.04. The molecule has 0 unspecified atom stereocenters. The second-order valence-corrected chi connectivity index (χ2v) is 6.82. The molecule has 140 valence electrons. The van der Waals surface area contributed by atoms with E-state index >= 15 is 0 Å². The van der Waals surface area contributed by atoms with Crippen LogP contribution >= 0.6 is 0 Å². The molecular weight excluding hydrogens is 353 g/mol. The Labute approximate surface area is 162 Å². The van der Waals surface area contributed by atoms with Crippen molar-refractivity contribution in [2.24, 2.45) is 0 Å². The molecule has 4 aromatic rings. The van der Waals surface area contributed by atoms with Gasteiger partial charge in [0.05, 0.1) is 11.0 Å². The number of benzene rings is 3. The van der Waals surface area contributed by atoms with Crippen LogP contribution in [0, 0.1) is 12.7 Å². The zero-order chi connectivity index (χ0) is 19.7. The van der Waals surface area contributed by atoms with Crippen LogP contribution in [0.5, 0.6) is 0 Å². The van der Waals surface area contributed by atoms with Gasteiger partial charge in [0.15, 0.2) is 0 Å². The van der Waals surface area contributed by atoms with Crippen LogP contribution in [0.25, 0.3) is 16.7 Å². The molecule has 1 aromatic heterocycles. The molecular formula is C23H20FN3O. The molecule has 4 nitrogen and oxygen atoms in total. The Kier molecular flexibility index (Phi) is 4.65. The lowest BCUT2D eigenvalue weighted by Gasteiger charge is -2.17. The number of para-hydroxylation sites is 1. The zero-order valence-electron chi connectivity index (χ0n) is 15.8. The third kappa shape index (κ3) is 3.39. The minimum absolute atomic E-state index is 0.0989. The van der Waals surface area contributed by atoms with Gasteiger partial charge in [0.1, 0.15) is 11.6 Å². The summed E-state index contributed by atoms with van der Waals surface area (Å²) >= 11 is 0. The van der Waals surface area contributed by atoms with E-state index in [4.69, 9.17) is 0 Å². The average molecular weight is 373 g/mol. The van der Waals surface area contributed by atoms with Crippen molar-refractivity contribution in [1.29, 1.82) is 0 Å². The van der Waals surface area contributed by atoms with E-state index < -0.39 is 0 Å². The van der Waals surface area contributed by atoms with Crippen LogP contribution in [0.2, 0.25) is 0 Å². The van der Waals surface area contributed by atoms with Gasteiger partial charge in [-0.1, -0.05) is 30.3 Å². The Hall–Kier alpha value is -3.47. The molecule has 3 aromatic carbocycles. The van der Waals surface area contributed by atoms with E-state index in [1.54, 1.807) is 24.1 Å². The third-order valence-corrected chi connectivity index (χ3v) is 4.76. The number of halogens is 1. The molecule has 1 amide bonds. The standard InChI is InChI=1S/C23H20FN3O/c1-16-25-21-14-18(10-13-22(21)27(16)20-6-4-3-5-7-20)23(28)26(2)15-17-8-11-19(24)12-9-17/h3-14H,15H2,1-2H3. The van der Waals surface area contributed by atoms with Crippen LogP contribution in [0.1, 0.15) is 21.7 Å². The lowest BCUT2D eigenvalue weighted by atomic mass is 10.1. The van der Waals surface area contributed by atoms with Crippen molar-refractivity contribution in [1.82, 2.24) is 14.5 Å². The molecule has 0 aliphatic carbocycles. The Morgan fingerprint density at radius 2 is 1.75 bits per heavy atom. The van der Waals surface area contributed by atoms with E-state index in [9.17, 15) is 9.18 Å². The first-order valence-electron chi connectivity index (χ1n) is 9.07. The number of imidazole rings is 1. The fraction of sp³-hybridized carbons (Fsp3) is 0.130.